The molecule has 1 aromatic rings. The van der Waals surface area contributed by atoms with Gasteiger partial charge in [0.1, 0.15) is 5.82 Å². The number of anilines is 1. The number of likely N-dealkylation sites (tertiary alicyclic amines) is 1. The first-order chi connectivity index (χ1) is 9.49. The molecule has 5 heteroatoms. The average Bonchev–Trinajstić information content (AvgIpc) is 2.40. The number of carboxylic acid groups (broad SMARTS) is 1. The van der Waals surface area contributed by atoms with E-state index < -0.39 is 11.8 Å². The summed E-state index contributed by atoms with van der Waals surface area (Å²) in [5.74, 6) is -1.08. The van der Waals surface area contributed by atoms with Gasteiger partial charge in [-0.3, -0.25) is 0 Å². The first kappa shape index (κ1) is 14.8. The molecule has 0 aliphatic carbocycles. The van der Waals surface area contributed by atoms with Gasteiger partial charge in [-0.2, -0.15) is 0 Å². The van der Waals surface area contributed by atoms with Gasteiger partial charge in [0, 0.05) is 13.6 Å². The van der Waals surface area contributed by atoms with Crippen molar-refractivity contribution in [1.29, 1.82) is 0 Å². The lowest BCUT2D eigenvalue weighted by molar-refractivity contribution is 0.0697. The molecule has 0 atom stereocenters. The summed E-state index contributed by atoms with van der Waals surface area (Å²) < 4.78 is 14.0. The van der Waals surface area contributed by atoms with E-state index in [9.17, 15) is 14.3 Å². The molecule has 1 aliphatic rings. The highest BCUT2D eigenvalue weighted by atomic mass is 19.1. The second-order valence-corrected chi connectivity index (χ2v) is 5.57. The van der Waals surface area contributed by atoms with Gasteiger partial charge in [-0.05, 0) is 51.0 Å². The quantitative estimate of drug-likeness (QED) is 0.919. The number of carboxylic acids is 1. The Balaban J connectivity index is 2.13. The lowest BCUT2D eigenvalue weighted by Gasteiger charge is -2.32. The van der Waals surface area contributed by atoms with Crippen LogP contribution in [0.15, 0.2) is 18.2 Å². The number of carbonyl (C=O) groups is 1. The predicted octanol–water partition coefficient (Wildman–Crippen LogP) is 2.30. The molecule has 4 nitrogen and oxygen atoms in total. The van der Waals surface area contributed by atoms with Gasteiger partial charge in [0.25, 0.3) is 0 Å². The monoisotopic (exact) mass is 280 g/mol. The van der Waals surface area contributed by atoms with Crippen molar-refractivity contribution in [2.45, 2.75) is 12.8 Å². The summed E-state index contributed by atoms with van der Waals surface area (Å²) in [5, 5.41) is 9.18. The first-order valence-corrected chi connectivity index (χ1v) is 6.90. The maximum Gasteiger partial charge on any atom is 0.337 e. The normalized spacial score (nSPS) is 17.1. The molecule has 0 radical (unpaired) electrons. The van der Waals surface area contributed by atoms with E-state index >= 15 is 0 Å². The maximum atomic E-state index is 14.0. The molecular formula is C15H21FN2O2. The van der Waals surface area contributed by atoms with Gasteiger partial charge in [0.15, 0.2) is 0 Å². The third kappa shape index (κ3) is 3.28. The summed E-state index contributed by atoms with van der Waals surface area (Å²) in [7, 11) is 3.86. The number of hydrogen-bond acceptors (Lipinski definition) is 3. The van der Waals surface area contributed by atoms with Crippen LogP contribution in [-0.2, 0) is 0 Å². The molecular weight excluding hydrogens is 259 g/mol. The van der Waals surface area contributed by atoms with Gasteiger partial charge in [-0.1, -0.05) is 6.07 Å². The highest BCUT2D eigenvalue weighted by molar-refractivity contribution is 5.94. The SMILES string of the molecule is CN1CCC(CN(C)c2c(F)cccc2C(=O)O)CC1. The van der Waals surface area contributed by atoms with Crippen LogP contribution in [0.2, 0.25) is 0 Å². The second-order valence-electron chi connectivity index (χ2n) is 5.57. The second kappa shape index (κ2) is 6.22. The van der Waals surface area contributed by atoms with Crippen LogP contribution in [0.4, 0.5) is 10.1 Å². The van der Waals surface area contributed by atoms with Crippen molar-refractivity contribution in [2.75, 3.05) is 38.6 Å². The molecule has 0 bridgehead atoms. The Morgan fingerprint density at radius 3 is 2.70 bits per heavy atom. The molecule has 20 heavy (non-hydrogen) atoms. The van der Waals surface area contributed by atoms with E-state index in [0.717, 1.165) is 25.9 Å². The molecule has 1 heterocycles. The van der Waals surface area contributed by atoms with Gasteiger partial charge >= 0.3 is 5.97 Å². The van der Waals surface area contributed by atoms with Crippen molar-refractivity contribution in [2.24, 2.45) is 5.92 Å². The van der Waals surface area contributed by atoms with E-state index in [1.165, 1.54) is 18.2 Å². The van der Waals surface area contributed by atoms with Crippen LogP contribution >= 0.6 is 0 Å². The summed E-state index contributed by atoms with van der Waals surface area (Å²) in [4.78, 5) is 15.2. The van der Waals surface area contributed by atoms with Gasteiger partial charge in [0.2, 0.25) is 0 Å². The zero-order chi connectivity index (χ0) is 14.7. The molecule has 1 aliphatic heterocycles. The zero-order valence-electron chi connectivity index (χ0n) is 12.0. The fraction of sp³-hybridized carbons (Fsp3) is 0.533. The minimum Gasteiger partial charge on any atom is -0.478 e. The fourth-order valence-corrected chi connectivity index (χ4v) is 2.80. The van der Waals surface area contributed by atoms with E-state index in [2.05, 4.69) is 11.9 Å². The third-order valence-corrected chi connectivity index (χ3v) is 3.97. The van der Waals surface area contributed by atoms with Gasteiger partial charge in [-0.15, -0.1) is 0 Å². The smallest absolute Gasteiger partial charge is 0.337 e. The molecule has 1 fully saturated rings. The van der Waals surface area contributed by atoms with Gasteiger partial charge < -0.3 is 14.9 Å². The molecule has 110 valence electrons. The van der Waals surface area contributed by atoms with E-state index in [0.29, 0.717) is 12.5 Å². The Morgan fingerprint density at radius 1 is 1.45 bits per heavy atom. The van der Waals surface area contributed by atoms with Crippen LogP contribution in [0, 0.1) is 11.7 Å². The van der Waals surface area contributed by atoms with E-state index in [-0.39, 0.29) is 11.3 Å². The van der Waals surface area contributed by atoms with Gasteiger partial charge in [-0.25, -0.2) is 9.18 Å². The first-order valence-electron chi connectivity index (χ1n) is 6.90. The number of nitrogens with zero attached hydrogens (tertiary/aromatic N) is 2. The van der Waals surface area contributed by atoms with Crippen LogP contribution in [0.25, 0.3) is 0 Å². The maximum absolute atomic E-state index is 14.0. The van der Waals surface area contributed by atoms with Crippen LogP contribution < -0.4 is 4.90 Å². The Labute approximate surface area is 118 Å². The lowest BCUT2D eigenvalue weighted by Crippen LogP contribution is -2.36. The molecule has 0 saturated carbocycles. The predicted molar refractivity (Wildman–Crippen MR) is 76.9 cm³/mol. The van der Waals surface area contributed by atoms with Crippen LogP contribution in [-0.4, -0.2) is 49.7 Å². The largest absolute Gasteiger partial charge is 0.478 e. The van der Waals surface area contributed by atoms with Crippen molar-refractivity contribution >= 4 is 11.7 Å². The zero-order valence-corrected chi connectivity index (χ0v) is 12.0. The number of aromatic carboxylic acids is 1. The number of hydrogen-bond donors (Lipinski definition) is 1. The van der Waals surface area contributed by atoms with Crippen molar-refractivity contribution in [3.8, 4) is 0 Å². The average molecular weight is 280 g/mol. The molecule has 0 spiro atoms. The van der Waals surface area contributed by atoms with Crippen LogP contribution in [0.3, 0.4) is 0 Å². The summed E-state index contributed by atoms with van der Waals surface area (Å²) in [5.41, 5.74) is 0.222. The van der Waals surface area contributed by atoms with Crippen molar-refractivity contribution < 1.29 is 14.3 Å². The van der Waals surface area contributed by atoms with E-state index in [1.807, 2.05) is 0 Å². The number of halogens is 1. The Morgan fingerprint density at radius 2 is 2.10 bits per heavy atom. The Bertz CT molecular complexity index is 485. The molecule has 1 saturated heterocycles. The van der Waals surface area contributed by atoms with Crippen molar-refractivity contribution in [3.05, 3.63) is 29.6 Å². The fourth-order valence-electron chi connectivity index (χ4n) is 2.80. The van der Waals surface area contributed by atoms with E-state index in [4.69, 9.17) is 0 Å². The van der Waals surface area contributed by atoms with E-state index in [1.54, 1.807) is 11.9 Å². The summed E-state index contributed by atoms with van der Waals surface area (Å²) in [6, 6.07) is 4.20. The summed E-state index contributed by atoms with van der Waals surface area (Å²) in [6.45, 7) is 2.78. The molecule has 1 aromatic carbocycles. The lowest BCUT2D eigenvalue weighted by atomic mass is 9.96. The van der Waals surface area contributed by atoms with Crippen LogP contribution in [0.1, 0.15) is 23.2 Å². The number of rotatable bonds is 4. The highest BCUT2D eigenvalue weighted by Gasteiger charge is 2.22. The van der Waals surface area contributed by atoms with Crippen molar-refractivity contribution in [3.63, 3.8) is 0 Å². The topological polar surface area (TPSA) is 43.8 Å². The Kier molecular flexibility index (Phi) is 4.60. The Hall–Kier alpha value is -1.62. The van der Waals surface area contributed by atoms with Crippen LogP contribution in [0.5, 0.6) is 0 Å². The minimum absolute atomic E-state index is 0.0282. The minimum atomic E-state index is -1.09. The standard InChI is InChI=1S/C15H21FN2O2/c1-17-8-6-11(7-9-17)10-18(2)14-12(15(19)20)4-3-5-13(14)16/h3-5,11H,6-10H2,1-2H3,(H,19,20). The third-order valence-electron chi connectivity index (χ3n) is 3.97. The van der Waals surface area contributed by atoms with Crippen molar-refractivity contribution in [1.82, 2.24) is 4.90 Å². The number of para-hydroxylation sites is 1. The summed E-state index contributed by atoms with van der Waals surface area (Å²) in [6.07, 6.45) is 2.13. The summed E-state index contributed by atoms with van der Waals surface area (Å²) >= 11 is 0. The molecule has 0 amide bonds. The number of benzene rings is 1. The highest BCUT2D eigenvalue weighted by Crippen LogP contribution is 2.26. The molecule has 0 aromatic heterocycles. The number of piperidine rings is 1. The molecule has 0 unspecified atom stereocenters. The molecule has 2 rings (SSSR count). The molecule has 1 N–H and O–H groups in total. The van der Waals surface area contributed by atoms with Gasteiger partial charge in [0.05, 0.1) is 11.3 Å².